The Bertz CT molecular complexity index is 401. The van der Waals surface area contributed by atoms with Gasteiger partial charge in [0.15, 0.2) is 0 Å². The van der Waals surface area contributed by atoms with Crippen LogP contribution in [0.25, 0.3) is 0 Å². The van der Waals surface area contributed by atoms with E-state index in [2.05, 4.69) is 24.5 Å². The van der Waals surface area contributed by atoms with Crippen molar-refractivity contribution in [1.82, 2.24) is 15.5 Å². The van der Waals surface area contributed by atoms with E-state index in [1.807, 2.05) is 0 Å². The summed E-state index contributed by atoms with van der Waals surface area (Å²) in [5.41, 5.74) is 0. The molecule has 1 aliphatic heterocycles. The average Bonchev–Trinajstić information content (AvgIpc) is 2.77. The van der Waals surface area contributed by atoms with Crippen LogP contribution >= 0.6 is 0 Å². The van der Waals surface area contributed by atoms with Crippen molar-refractivity contribution in [3.63, 3.8) is 0 Å². The van der Waals surface area contributed by atoms with Crippen LogP contribution in [0.15, 0.2) is 12.2 Å². The first-order valence-corrected chi connectivity index (χ1v) is 8.06. The van der Waals surface area contributed by atoms with E-state index in [1.54, 1.807) is 0 Å². The van der Waals surface area contributed by atoms with Gasteiger partial charge in [-0.05, 0) is 25.2 Å². The van der Waals surface area contributed by atoms with Gasteiger partial charge in [0.2, 0.25) is 0 Å². The zero-order valence-electron chi connectivity index (χ0n) is 13.6. The van der Waals surface area contributed by atoms with Crippen molar-refractivity contribution in [2.45, 2.75) is 46.0 Å². The summed E-state index contributed by atoms with van der Waals surface area (Å²) in [5, 5.41) is 5.60. The maximum atomic E-state index is 11.5. The molecule has 0 radical (unpaired) electrons. The highest BCUT2D eigenvalue weighted by Gasteiger charge is 2.22. The average molecular weight is 309 g/mol. The minimum atomic E-state index is -0.253. The highest BCUT2D eigenvalue weighted by Crippen LogP contribution is 2.05. The second-order valence-electron chi connectivity index (χ2n) is 5.94. The molecular weight excluding hydrogens is 282 g/mol. The molecular formula is C16H27N3O3. The first-order valence-electron chi connectivity index (χ1n) is 8.06. The molecule has 1 heterocycles. The zero-order valence-corrected chi connectivity index (χ0v) is 13.6. The normalized spacial score (nSPS) is 14.0. The zero-order chi connectivity index (χ0) is 16.4. The second kappa shape index (κ2) is 9.97. The summed E-state index contributed by atoms with van der Waals surface area (Å²) >= 11 is 0. The summed E-state index contributed by atoms with van der Waals surface area (Å²) in [7, 11) is 0. The van der Waals surface area contributed by atoms with Gasteiger partial charge in [0.25, 0.3) is 11.8 Å². The highest BCUT2D eigenvalue weighted by molar-refractivity contribution is 6.12. The molecule has 0 aromatic carbocycles. The molecule has 22 heavy (non-hydrogen) atoms. The molecule has 0 aromatic heterocycles. The van der Waals surface area contributed by atoms with E-state index in [1.165, 1.54) is 23.5 Å². The number of nitrogens with zero attached hydrogens (tertiary/aromatic N) is 1. The molecule has 0 aliphatic carbocycles. The quantitative estimate of drug-likeness (QED) is 0.477. The molecule has 1 rings (SSSR count). The molecule has 124 valence electrons. The lowest BCUT2D eigenvalue weighted by Crippen LogP contribution is -2.37. The van der Waals surface area contributed by atoms with Crippen LogP contribution in [0, 0.1) is 5.92 Å². The maximum Gasteiger partial charge on any atom is 0.314 e. The summed E-state index contributed by atoms with van der Waals surface area (Å²) in [5.74, 6) is 0.201. The van der Waals surface area contributed by atoms with E-state index in [9.17, 15) is 14.4 Å². The Morgan fingerprint density at radius 3 is 2.09 bits per heavy atom. The van der Waals surface area contributed by atoms with E-state index in [4.69, 9.17) is 0 Å². The number of rotatable bonds is 10. The monoisotopic (exact) mass is 309 g/mol. The van der Waals surface area contributed by atoms with E-state index >= 15 is 0 Å². The van der Waals surface area contributed by atoms with Crippen molar-refractivity contribution in [3.8, 4) is 0 Å². The number of hydrogen-bond acceptors (Lipinski definition) is 3. The molecule has 0 saturated carbocycles. The molecule has 0 atom stereocenters. The van der Waals surface area contributed by atoms with Crippen LogP contribution in [-0.2, 0) is 9.59 Å². The summed E-state index contributed by atoms with van der Waals surface area (Å²) in [6.45, 7) is 6.03. The first kappa shape index (κ1) is 18.2. The molecule has 0 spiro atoms. The van der Waals surface area contributed by atoms with Gasteiger partial charge in [0.05, 0.1) is 0 Å². The fraction of sp³-hybridized carbons (Fsp3) is 0.688. The van der Waals surface area contributed by atoms with Gasteiger partial charge in [-0.3, -0.25) is 14.5 Å². The van der Waals surface area contributed by atoms with Crippen LogP contribution in [0.3, 0.4) is 0 Å². The third-order valence-electron chi connectivity index (χ3n) is 3.49. The SMILES string of the molecule is CC(C)CCCCNC(=O)NCCCCN1C(=O)C=CC1=O. The van der Waals surface area contributed by atoms with Crippen molar-refractivity contribution < 1.29 is 14.4 Å². The predicted octanol–water partition coefficient (Wildman–Crippen LogP) is 1.82. The van der Waals surface area contributed by atoms with Crippen LogP contribution in [0.1, 0.15) is 46.0 Å². The molecule has 0 saturated heterocycles. The number of carbonyl (C=O) groups excluding carboxylic acids is 3. The van der Waals surface area contributed by atoms with Crippen LogP contribution in [0.2, 0.25) is 0 Å². The number of amides is 4. The lowest BCUT2D eigenvalue weighted by atomic mass is 10.1. The summed E-state index contributed by atoms with van der Waals surface area (Å²) in [6, 6.07) is -0.153. The van der Waals surface area contributed by atoms with Crippen LogP contribution in [0.4, 0.5) is 4.79 Å². The maximum absolute atomic E-state index is 11.5. The van der Waals surface area contributed by atoms with Crippen LogP contribution in [-0.4, -0.2) is 42.4 Å². The molecule has 4 amide bonds. The highest BCUT2D eigenvalue weighted by atomic mass is 16.2. The third-order valence-corrected chi connectivity index (χ3v) is 3.49. The van der Waals surface area contributed by atoms with Gasteiger partial charge in [-0.2, -0.15) is 0 Å². The van der Waals surface area contributed by atoms with Crippen LogP contribution in [0.5, 0.6) is 0 Å². The number of carbonyl (C=O) groups is 3. The van der Waals surface area contributed by atoms with Crippen molar-refractivity contribution >= 4 is 17.8 Å². The van der Waals surface area contributed by atoms with Crippen molar-refractivity contribution in [2.24, 2.45) is 5.92 Å². The predicted molar refractivity (Wildman–Crippen MR) is 85.2 cm³/mol. The Labute approximate surface area is 132 Å². The van der Waals surface area contributed by atoms with E-state index < -0.39 is 0 Å². The van der Waals surface area contributed by atoms with Crippen LogP contribution < -0.4 is 10.6 Å². The molecule has 0 fully saturated rings. The van der Waals surface area contributed by atoms with Gasteiger partial charge in [-0.15, -0.1) is 0 Å². The molecule has 1 aliphatic rings. The van der Waals surface area contributed by atoms with E-state index in [0.29, 0.717) is 32.0 Å². The van der Waals surface area contributed by atoms with Gasteiger partial charge >= 0.3 is 6.03 Å². The standard InChI is InChI=1S/C16H27N3O3/c1-13(2)7-3-4-10-17-16(22)18-11-5-6-12-19-14(20)8-9-15(19)21/h8-9,13H,3-7,10-12H2,1-2H3,(H2,17,18,22). The van der Waals surface area contributed by atoms with Gasteiger partial charge in [-0.1, -0.05) is 26.7 Å². The Morgan fingerprint density at radius 1 is 1.00 bits per heavy atom. The van der Waals surface area contributed by atoms with Crippen molar-refractivity contribution in [2.75, 3.05) is 19.6 Å². The van der Waals surface area contributed by atoms with E-state index in [0.717, 1.165) is 19.3 Å². The largest absolute Gasteiger partial charge is 0.338 e. The summed E-state index contributed by atoms with van der Waals surface area (Å²) in [4.78, 5) is 35.3. The lowest BCUT2D eigenvalue weighted by molar-refractivity contribution is -0.136. The van der Waals surface area contributed by atoms with Gasteiger partial charge in [-0.25, -0.2) is 4.79 Å². The summed E-state index contributed by atoms with van der Waals surface area (Å²) in [6.07, 6.45) is 7.31. The number of hydrogen-bond donors (Lipinski definition) is 2. The fourth-order valence-corrected chi connectivity index (χ4v) is 2.19. The Balaban J connectivity index is 1.95. The van der Waals surface area contributed by atoms with Crippen molar-refractivity contribution in [1.29, 1.82) is 0 Å². The minimum absolute atomic E-state index is 0.153. The Kier molecular flexibility index (Phi) is 8.25. The number of urea groups is 1. The lowest BCUT2D eigenvalue weighted by Gasteiger charge is -2.13. The van der Waals surface area contributed by atoms with Gasteiger partial charge in [0, 0.05) is 31.8 Å². The topological polar surface area (TPSA) is 78.5 Å². The molecule has 6 heteroatoms. The molecule has 0 unspecified atom stereocenters. The molecule has 2 N–H and O–H groups in total. The first-order chi connectivity index (χ1) is 10.5. The number of nitrogens with one attached hydrogen (secondary N) is 2. The second-order valence-corrected chi connectivity index (χ2v) is 5.94. The minimum Gasteiger partial charge on any atom is -0.338 e. The van der Waals surface area contributed by atoms with Gasteiger partial charge in [0.1, 0.15) is 0 Å². The van der Waals surface area contributed by atoms with Crippen molar-refractivity contribution in [3.05, 3.63) is 12.2 Å². The smallest absolute Gasteiger partial charge is 0.314 e. The summed E-state index contributed by atoms with van der Waals surface area (Å²) < 4.78 is 0. The number of imide groups is 1. The fourth-order valence-electron chi connectivity index (χ4n) is 2.19. The molecule has 0 bridgehead atoms. The Morgan fingerprint density at radius 2 is 1.55 bits per heavy atom. The third kappa shape index (κ3) is 7.24. The van der Waals surface area contributed by atoms with Gasteiger partial charge < -0.3 is 10.6 Å². The molecule has 6 nitrogen and oxygen atoms in total. The molecule has 0 aromatic rings. The Hall–Kier alpha value is -1.85. The number of unbranched alkanes of at least 4 members (excludes halogenated alkanes) is 2. The van der Waals surface area contributed by atoms with E-state index in [-0.39, 0.29) is 17.8 Å².